The van der Waals surface area contributed by atoms with E-state index in [-0.39, 0.29) is 17.9 Å². The molecule has 0 heterocycles. The van der Waals surface area contributed by atoms with Crippen molar-refractivity contribution in [3.8, 4) is 0 Å². The average Bonchev–Trinajstić information content (AvgIpc) is 2.60. The van der Waals surface area contributed by atoms with Crippen LogP contribution in [0.1, 0.15) is 62.2 Å². The van der Waals surface area contributed by atoms with Crippen molar-refractivity contribution < 1.29 is 9.59 Å². The Morgan fingerprint density at radius 2 is 1.63 bits per heavy atom. The minimum Gasteiger partial charge on any atom is -0.349 e. The lowest BCUT2D eigenvalue weighted by molar-refractivity contribution is -0.135. The summed E-state index contributed by atoms with van der Waals surface area (Å²) in [5.41, 5.74) is 1.01. The molecule has 4 fully saturated rings. The highest BCUT2D eigenvalue weighted by Gasteiger charge is 2.51. The van der Waals surface area contributed by atoms with E-state index in [4.69, 9.17) is 0 Å². The van der Waals surface area contributed by atoms with Gasteiger partial charge in [0.25, 0.3) is 5.91 Å². The van der Waals surface area contributed by atoms with E-state index in [1.165, 1.54) is 38.5 Å². The lowest BCUT2D eigenvalue weighted by Gasteiger charge is -2.57. The lowest BCUT2D eigenvalue weighted by Crippen LogP contribution is -2.51. The van der Waals surface area contributed by atoms with Crippen LogP contribution in [0.5, 0.6) is 0 Å². The van der Waals surface area contributed by atoms with Gasteiger partial charge in [-0.15, -0.1) is 0 Å². The number of nitrogens with one attached hydrogen (secondary N) is 1. The maximum atomic E-state index is 12.8. The molecule has 0 aromatic heterocycles. The highest BCUT2D eigenvalue weighted by Crippen LogP contribution is 2.60. The predicted molar refractivity (Wildman–Crippen MR) is 106 cm³/mol. The number of hydrogen-bond acceptors (Lipinski definition) is 2. The molecule has 1 N–H and O–H groups in total. The van der Waals surface area contributed by atoms with Crippen molar-refractivity contribution >= 4 is 11.8 Å². The molecule has 4 heteroatoms. The molecule has 0 saturated heterocycles. The molecule has 146 valence electrons. The van der Waals surface area contributed by atoms with Crippen LogP contribution >= 0.6 is 0 Å². The van der Waals surface area contributed by atoms with Crippen LogP contribution in [0.3, 0.4) is 0 Å². The Hall–Kier alpha value is -1.84. The Morgan fingerprint density at radius 1 is 1.07 bits per heavy atom. The molecule has 4 nitrogen and oxygen atoms in total. The summed E-state index contributed by atoms with van der Waals surface area (Å²) in [6, 6.07) is 9.02. The monoisotopic (exact) mass is 368 g/mol. The van der Waals surface area contributed by atoms with Crippen molar-refractivity contribution in [3.63, 3.8) is 0 Å². The largest absolute Gasteiger partial charge is 0.349 e. The van der Waals surface area contributed by atoms with Gasteiger partial charge in [0.05, 0.1) is 0 Å². The van der Waals surface area contributed by atoms with Gasteiger partial charge in [-0.2, -0.15) is 0 Å². The van der Waals surface area contributed by atoms with Gasteiger partial charge in [-0.05, 0) is 80.8 Å². The Morgan fingerprint density at radius 3 is 2.19 bits per heavy atom. The summed E-state index contributed by atoms with van der Waals surface area (Å²) in [6.07, 6.45) is 8.60. The van der Waals surface area contributed by atoms with Crippen molar-refractivity contribution in [1.29, 1.82) is 0 Å². The zero-order valence-electron chi connectivity index (χ0n) is 16.6. The molecular formula is C23H32N2O2. The number of nitrogens with zero attached hydrogens (tertiary/aromatic N) is 1. The molecule has 4 saturated carbocycles. The van der Waals surface area contributed by atoms with E-state index < -0.39 is 0 Å². The smallest absolute Gasteiger partial charge is 0.251 e. The first kappa shape index (κ1) is 18.5. The van der Waals surface area contributed by atoms with E-state index >= 15 is 0 Å². The summed E-state index contributed by atoms with van der Waals surface area (Å²) in [7, 11) is 1.95. The second-order valence-electron chi connectivity index (χ2n) is 9.61. The van der Waals surface area contributed by atoms with Gasteiger partial charge >= 0.3 is 0 Å². The lowest BCUT2D eigenvalue weighted by atomic mass is 9.49. The fourth-order valence-electron chi connectivity index (χ4n) is 6.44. The maximum Gasteiger partial charge on any atom is 0.251 e. The molecule has 1 aromatic rings. The normalized spacial score (nSPS) is 32.1. The van der Waals surface area contributed by atoms with Crippen LogP contribution in [0.2, 0.25) is 0 Å². The molecule has 1 atom stereocenters. The van der Waals surface area contributed by atoms with Gasteiger partial charge in [-0.1, -0.05) is 18.2 Å². The zero-order valence-corrected chi connectivity index (χ0v) is 16.6. The van der Waals surface area contributed by atoms with E-state index in [2.05, 4.69) is 5.32 Å². The van der Waals surface area contributed by atoms with Crippen LogP contribution < -0.4 is 5.32 Å². The minimum atomic E-state index is -0.163. The van der Waals surface area contributed by atoms with Gasteiger partial charge in [0.2, 0.25) is 5.91 Å². The van der Waals surface area contributed by atoms with E-state index in [0.29, 0.717) is 17.4 Å². The van der Waals surface area contributed by atoms with Crippen LogP contribution in [0.25, 0.3) is 0 Å². The Balaban J connectivity index is 1.30. The average molecular weight is 369 g/mol. The molecule has 4 aliphatic carbocycles. The third kappa shape index (κ3) is 4.04. The quantitative estimate of drug-likeness (QED) is 0.829. The molecule has 0 aliphatic heterocycles. The molecule has 5 rings (SSSR count). The molecule has 2 amide bonds. The summed E-state index contributed by atoms with van der Waals surface area (Å²) >= 11 is 0. The van der Waals surface area contributed by atoms with Crippen LogP contribution in [0.15, 0.2) is 30.3 Å². The minimum absolute atomic E-state index is 0.111. The van der Waals surface area contributed by atoms with Crippen LogP contribution in [0.4, 0.5) is 0 Å². The number of amides is 2. The Labute approximate surface area is 162 Å². The first-order chi connectivity index (χ1) is 12.9. The number of rotatable bonds is 6. The second-order valence-corrected chi connectivity index (χ2v) is 9.61. The number of carbonyl (C=O) groups excluding carboxylic acids is 2. The number of carbonyl (C=O) groups is 2. The van der Waals surface area contributed by atoms with Gasteiger partial charge in [0, 0.05) is 31.6 Å². The fourth-order valence-corrected chi connectivity index (χ4v) is 6.44. The van der Waals surface area contributed by atoms with Crippen molar-refractivity contribution in [2.24, 2.45) is 23.2 Å². The van der Waals surface area contributed by atoms with E-state index in [0.717, 1.165) is 24.3 Å². The highest BCUT2D eigenvalue weighted by molar-refractivity contribution is 5.94. The second kappa shape index (κ2) is 7.29. The van der Waals surface area contributed by atoms with Crippen LogP contribution in [0, 0.1) is 23.2 Å². The summed E-state index contributed by atoms with van der Waals surface area (Å²) in [4.78, 5) is 27.0. The molecule has 0 radical (unpaired) electrons. The van der Waals surface area contributed by atoms with Gasteiger partial charge in [-0.3, -0.25) is 9.59 Å². The molecular weight excluding hydrogens is 336 g/mol. The van der Waals surface area contributed by atoms with Crippen LogP contribution in [-0.2, 0) is 4.79 Å². The topological polar surface area (TPSA) is 49.4 Å². The SMILES string of the molecule is CC(CC(=O)N(C)CC12CC3CC(CC(C3)C1)C2)NC(=O)c1ccccc1. The Bertz CT molecular complexity index is 664. The highest BCUT2D eigenvalue weighted by atomic mass is 16.2. The first-order valence-corrected chi connectivity index (χ1v) is 10.5. The van der Waals surface area contributed by atoms with E-state index in [9.17, 15) is 9.59 Å². The number of hydrogen-bond donors (Lipinski definition) is 1. The third-order valence-corrected chi connectivity index (χ3v) is 7.06. The molecule has 4 aliphatic rings. The summed E-state index contributed by atoms with van der Waals surface area (Å²) < 4.78 is 0. The summed E-state index contributed by atoms with van der Waals surface area (Å²) in [5.74, 6) is 2.75. The molecule has 1 aromatic carbocycles. The van der Waals surface area contributed by atoms with Crippen molar-refractivity contribution in [2.75, 3.05) is 13.6 Å². The van der Waals surface area contributed by atoms with Gasteiger partial charge in [-0.25, -0.2) is 0 Å². The molecule has 0 spiro atoms. The summed E-state index contributed by atoms with van der Waals surface area (Å²) in [5, 5.41) is 2.95. The standard InChI is InChI=1S/C23H32N2O2/c1-16(24-22(27)20-6-4-3-5-7-20)8-21(26)25(2)15-23-12-17-9-18(13-23)11-19(10-17)14-23/h3-7,16-19H,8-15H2,1-2H3,(H,24,27). The predicted octanol–water partition coefficient (Wildman–Crippen LogP) is 3.87. The molecule has 27 heavy (non-hydrogen) atoms. The maximum absolute atomic E-state index is 12.8. The third-order valence-electron chi connectivity index (χ3n) is 7.06. The number of benzene rings is 1. The van der Waals surface area contributed by atoms with Crippen molar-refractivity contribution in [2.45, 2.75) is 57.9 Å². The Kier molecular flexibility index (Phi) is 5.00. The fraction of sp³-hybridized carbons (Fsp3) is 0.652. The molecule has 4 bridgehead atoms. The van der Waals surface area contributed by atoms with Gasteiger partial charge in [0.1, 0.15) is 0 Å². The van der Waals surface area contributed by atoms with Gasteiger partial charge < -0.3 is 10.2 Å². The van der Waals surface area contributed by atoms with Gasteiger partial charge in [0.15, 0.2) is 0 Å². The molecule has 1 unspecified atom stereocenters. The summed E-state index contributed by atoms with van der Waals surface area (Å²) in [6.45, 7) is 2.81. The zero-order chi connectivity index (χ0) is 19.0. The van der Waals surface area contributed by atoms with Crippen molar-refractivity contribution in [3.05, 3.63) is 35.9 Å². The van der Waals surface area contributed by atoms with Crippen LogP contribution in [-0.4, -0.2) is 36.3 Å². The van der Waals surface area contributed by atoms with E-state index in [1.54, 1.807) is 12.1 Å². The first-order valence-electron chi connectivity index (χ1n) is 10.5. The van der Waals surface area contributed by atoms with Crippen molar-refractivity contribution in [1.82, 2.24) is 10.2 Å². The van der Waals surface area contributed by atoms with E-state index in [1.807, 2.05) is 37.1 Å².